The van der Waals surface area contributed by atoms with Crippen LogP contribution >= 0.6 is 0 Å². The van der Waals surface area contributed by atoms with E-state index in [1.54, 1.807) is 0 Å². The number of anilines is 2. The Morgan fingerprint density at radius 1 is 1.33 bits per heavy atom. The lowest BCUT2D eigenvalue weighted by Crippen LogP contribution is -2.35. The first-order valence-corrected chi connectivity index (χ1v) is 8.06. The minimum atomic E-state index is 0.578. The molecule has 3 rings (SSSR count). The highest BCUT2D eigenvalue weighted by Gasteiger charge is 2.26. The zero-order valence-corrected chi connectivity index (χ0v) is 13.0. The quantitative estimate of drug-likeness (QED) is 0.837. The molecule has 0 atom stereocenters. The van der Waals surface area contributed by atoms with Crippen molar-refractivity contribution >= 4 is 22.8 Å². The Morgan fingerprint density at radius 3 is 2.81 bits per heavy atom. The highest BCUT2D eigenvalue weighted by molar-refractivity contribution is 5.78. The summed E-state index contributed by atoms with van der Waals surface area (Å²) >= 11 is 0. The fraction of sp³-hybridized carbons (Fsp3) is 0.588. The lowest BCUT2D eigenvalue weighted by atomic mass is 10.1. The monoisotopic (exact) mass is 287 g/mol. The summed E-state index contributed by atoms with van der Waals surface area (Å²) in [5, 5.41) is 0. The van der Waals surface area contributed by atoms with Gasteiger partial charge in [0.2, 0.25) is 0 Å². The number of fused-ring (bicyclic) bond motifs is 1. The van der Waals surface area contributed by atoms with Gasteiger partial charge >= 0.3 is 0 Å². The average Bonchev–Trinajstić information content (AvgIpc) is 3.07. The summed E-state index contributed by atoms with van der Waals surface area (Å²) in [5.41, 5.74) is 8.23. The standard InChI is InChI=1S/C17H25N3O/c1-12(2)9-10-20(14-5-3-4-6-14)17-19-15-8-7-13(18)11-16(15)21-17/h7-8,11-12,14H,3-6,9-10,18H2,1-2H3. The van der Waals surface area contributed by atoms with Gasteiger partial charge in [-0.15, -0.1) is 0 Å². The third-order valence-corrected chi connectivity index (χ3v) is 4.36. The number of oxazole rings is 1. The molecule has 114 valence electrons. The minimum absolute atomic E-state index is 0.578. The molecule has 0 spiro atoms. The lowest BCUT2D eigenvalue weighted by Gasteiger charge is -2.27. The van der Waals surface area contributed by atoms with E-state index < -0.39 is 0 Å². The van der Waals surface area contributed by atoms with Gasteiger partial charge in [-0.2, -0.15) is 4.98 Å². The lowest BCUT2D eigenvalue weighted by molar-refractivity contribution is 0.479. The molecule has 1 fully saturated rings. The fourth-order valence-electron chi connectivity index (χ4n) is 3.10. The minimum Gasteiger partial charge on any atom is -0.423 e. The molecule has 2 N–H and O–H groups in total. The van der Waals surface area contributed by atoms with Gasteiger partial charge in [0.05, 0.1) is 0 Å². The van der Waals surface area contributed by atoms with Gasteiger partial charge in [-0.3, -0.25) is 0 Å². The van der Waals surface area contributed by atoms with Gasteiger partial charge in [-0.25, -0.2) is 0 Å². The van der Waals surface area contributed by atoms with Gasteiger partial charge in [-0.05, 0) is 37.3 Å². The second-order valence-corrected chi connectivity index (χ2v) is 6.54. The number of nitrogens with zero attached hydrogens (tertiary/aromatic N) is 2. The molecule has 1 aromatic heterocycles. The Morgan fingerprint density at radius 2 is 2.10 bits per heavy atom. The second-order valence-electron chi connectivity index (χ2n) is 6.54. The topological polar surface area (TPSA) is 55.3 Å². The third kappa shape index (κ3) is 3.14. The van der Waals surface area contributed by atoms with Crippen molar-refractivity contribution < 1.29 is 4.42 Å². The average molecular weight is 287 g/mol. The second kappa shape index (κ2) is 5.96. The predicted octanol–water partition coefficient (Wildman–Crippen LogP) is 4.21. The summed E-state index contributed by atoms with van der Waals surface area (Å²) in [6, 6.07) is 7.02. The number of nitrogens with two attached hydrogens (primary N) is 1. The van der Waals surface area contributed by atoms with Crippen molar-refractivity contribution in [2.75, 3.05) is 17.2 Å². The van der Waals surface area contributed by atoms with E-state index >= 15 is 0 Å². The molecule has 0 saturated heterocycles. The first kappa shape index (κ1) is 14.2. The zero-order valence-electron chi connectivity index (χ0n) is 13.0. The van der Waals surface area contributed by atoms with Crippen LogP contribution < -0.4 is 10.6 Å². The van der Waals surface area contributed by atoms with E-state index in [1.165, 1.54) is 25.7 Å². The molecule has 0 bridgehead atoms. The summed E-state index contributed by atoms with van der Waals surface area (Å²) in [6.45, 7) is 5.55. The molecule has 0 radical (unpaired) electrons. The van der Waals surface area contributed by atoms with Crippen molar-refractivity contribution in [1.82, 2.24) is 4.98 Å². The van der Waals surface area contributed by atoms with Crippen LogP contribution in [-0.4, -0.2) is 17.6 Å². The fourth-order valence-corrected chi connectivity index (χ4v) is 3.10. The van der Waals surface area contributed by atoms with E-state index in [1.807, 2.05) is 18.2 Å². The first-order valence-electron chi connectivity index (χ1n) is 8.06. The number of aromatic nitrogens is 1. The molecule has 1 aliphatic rings. The summed E-state index contributed by atoms with van der Waals surface area (Å²) < 4.78 is 5.99. The van der Waals surface area contributed by atoms with Gasteiger partial charge in [0.25, 0.3) is 6.01 Å². The molecule has 1 aliphatic carbocycles. The van der Waals surface area contributed by atoms with Crippen LogP contribution in [0, 0.1) is 5.92 Å². The van der Waals surface area contributed by atoms with Crippen molar-refractivity contribution in [2.24, 2.45) is 5.92 Å². The Hall–Kier alpha value is -1.71. The number of hydrogen-bond acceptors (Lipinski definition) is 4. The number of benzene rings is 1. The maximum atomic E-state index is 5.99. The zero-order chi connectivity index (χ0) is 14.8. The van der Waals surface area contributed by atoms with Gasteiger partial charge in [-0.1, -0.05) is 26.7 Å². The van der Waals surface area contributed by atoms with Crippen LogP contribution in [0.1, 0.15) is 46.0 Å². The van der Waals surface area contributed by atoms with Crippen molar-refractivity contribution in [2.45, 2.75) is 52.0 Å². The van der Waals surface area contributed by atoms with Gasteiger partial charge in [0.1, 0.15) is 5.52 Å². The van der Waals surface area contributed by atoms with Gasteiger partial charge < -0.3 is 15.1 Å². The van der Waals surface area contributed by atoms with Crippen molar-refractivity contribution in [1.29, 1.82) is 0 Å². The molecule has 0 unspecified atom stereocenters. The van der Waals surface area contributed by atoms with Crippen molar-refractivity contribution in [3.8, 4) is 0 Å². The summed E-state index contributed by atoms with van der Waals surface area (Å²) in [7, 11) is 0. The van der Waals surface area contributed by atoms with E-state index in [0.717, 1.165) is 35.8 Å². The largest absolute Gasteiger partial charge is 0.423 e. The number of nitrogen functional groups attached to an aromatic ring is 1. The van der Waals surface area contributed by atoms with Gasteiger partial charge in [0.15, 0.2) is 5.58 Å². The number of hydrogen-bond donors (Lipinski definition) is 1. The predicted molar refractivity (Wildman–Crippen MR) is 87.5 cm³/mol. The Balaban J connectivity index is 1.88. The Labute approximate surface area is 126 Å². The molecular formula is C17H25N3O. The number of rotatable bonds is 5. The molecule has 0 aliphatic heterocycles. The molecule has 4 nitrogen and oxygen atoms in total. The van der Waals surface area contributed by atoms with Crippen molar-refractivity contribution in [3.05, 3.63) is 18.2 Å². The van der Waals surface area contributed by atoms with Crippen LogP contribution in [0.25, 0.3) is 11.1 Å². The SMILES string of the molecule is CC(C)CCN(c1nc2ccc(N)cc2o1)C1CCCC1. The van der Waals surface area contributed by atoms with Crippen LogP contribution in [0.15, 0.2) is 22.6 Å². The van der Waals surface area contributed by atoms with E-state index in [4.69, 9.17) is 10.2 Å². The summed E-state index contributed by atoms with van der Waals surface area (Å²) in [4.78, 5) is 7.06. The third-order valence-electron chi connectivity index (χ3n) is 4.36. The van der Waals surface area contributed by atoms with E-state index in [-0.39, 0.29) is 0 Å². The maximum absolute atomic E-state index is 5.99. The molecule has 4 heteroatoms. The molecule has 2 aromatic rings. The molecule has 1 saturated carbocycles. The molecule has 21 heavy (non-hydrogen) atoms. The highest BCUT2D eigenvalue weighted by atomic mass is 16.4. The maximum Gasteiger partial charge on any atom is 0.298 e. The molecule has 1 aromatic carbocycles. The summed E-state index contributed by atoms with van der Waals surface area (Å²) in [6.07, 6.45) is 6.29. The Kier molecular flexibility index (Phi) is 4.04. The summed E-state index contributed by atoms with van der Waals surface area (Å²) in [5.74, 6) is 0.689. The van der Waals surface area contributed by atoms with E-state index in [9.17, 15) is 0 Å². The van der Waals surface area contributed by atoms with E-state index in [2.05, 4.69) is 23.7 Å². The molecule has 0 amide bonds. The van der Waals surface area contributed by atoms with Crippen LogP contribution in [0.4, 0.5) is 11.7 Å². The van der Waals surface area contributed by atoms with Crippen molar-refractivity contribution in [3.63, 3.8) is 0 Å². The van der Waals surface area contributed by atoms with Gasteiger partial charge in [0, 0.05) is 24.3 Å². The van der Waals surface area contributed by atoms with Crippen LogP contribution in [0.3, 0.4) is 0 Å². The molecule has 1 heterocycles. The first-order chi connectivity index (χ1) is 10.1. The van der Waals surface area contributed by atoms with E-state index in [0.29, 0.717) is 12.0 Å². The smallest absolute Gasteiger partial charge is 0.298 e. The Bertz CT molecular complexity index is 599. The normalized spacial score (nSPS) is 16.1. The van der Waals surface area contributed by atoms with Crippen LogP contribution in [-0.2, 0) is 0 Å². The molecular weight excluding hydrogens is 262 g/mol. The van der Waals surface area contributed by atoms with Crippen LogP contribution in [0.2, 0.25) is 0 Å². The highest BCUT2D eigenvalue weighted by Crippen LogP contribution is 2.31. The van der Waals surface area contributed by atoms with Crippen LogP contribution in [0.5, 0.6) is 0 Å².